The first-order valence-corrected chi connectivity index (χ1v) is 11.4. The minimum Gasteiger partial charge on any atom is -0.351 e. The zero-order valence-corrected chi connectivity index (χ0v) is 18.7. The number of sulfonamides is 1. The van der Waals surface area contributed by atoms with E-state index in [9.17, 15) is 13.2 Å². The van der Waals surface area contributed by atoms with Crippen molar-refractivity contribution in [3.8, 4) is 0 Å². The maximum atomic E-state index is 12.5. The summed E-state index contributed by atoms with van der Waals surface area (Å²) in [6.45, 7) is 9.77. The standard InChI is InChI=1S/C21H28ClN3O3S/c1-15(2)25(16(3)4)14-13-23-21(26)17-5-11-20(12-6-17)29(27,28)24-19-9-7-18(22)8-10-19/h5-12,15-16,24H,13-14H2,1-4H3,(H,23,26). The van der Waals surface area contributed by atoms with E-state index in [1.54, 1.807) is 24.3 Å². The Bertz CT molecular complexity index is 903. The Morgan fingerprint density at radius 1 is 0.966 bits per heavy atom. The van der Waals surface area contributed by atoms with E-state index in [0.29, 0.717) is 34.9 Å². The van der Waals surface area contributed by atoms with Crippen molar-refractivity contribution in [1.29, 1.82) is 0 Å². The van der Waals surface area contributed by atoms with Gasteiger partial charge in [-0.2, -0.15) is 0 Å². The summed E-state index contributed by atoms with van der Waals surface area (Å²) in [5.74, 6) is -0.230. The van der Waals surface area contributed by atoms with Crippen LogP contribution in [0.4, 0.5) is 5.69 Å². The van der Waals surface area contributed by atoms with Crippen LogP contribution >= 0.6 is 11.6 Å². The lowest BCUT2D eigenvalue weighted by Crippen LogP contribution is -2.42. The third kappa shape index (κ3) is 6.73. The van der Waals surface area contributed by atoms with Gasteiger partial charge in [0, 0.05) is 41.4 Å². The first-order chi connectivity index (χ1) is 13.6. The lowest BCUT2D eigenvalue weighted by Gasteiger charge is -2.30. The predicted molar refractivity (Wildman–Crippen MR) is 118 cm³/mol. The molecule has 6 nitrogen and oxygen atoms in total. The molecule has 8 heteroatoms. The maximum Gasteiger partial charge on any atom is 0.261 e. The molecule has 0 saturated carbocycles. The highest BCUT2D eigenvalue weighted by Gasteiger charge is 2.16. The highest BCUT2D eigenvalue weighted by molar-refractivity contribution is 7.92. The van der Waals surface area contributed by atoms with E-state index in [4.69, 9.17) is 11.6 Å². The summed E-state index contributed by atoms with van der Waals surface area (Å²) in [5.41, 5.74) is 0.826. The molecule has 1 amide bonds. The molecule has 2 aromatic carbocycles. The summed E-state index contributed by atoms with van der Waals surface area (Å²) in [6, 6.07) is 13.0. The summed E-state index contributed by atoms with van der Waals surface area (Å²) >= 11 is 5.81. The second kappa shape index (κ2) is 10.1. The fourth-order valence-corrected chi connectivity index (χ4v) is 4.22. The summed E-state index contributed by atoms with van der Waals surface area (Å²) in [6.07, 6.45) is 0. The van der Waals surface area contributed by atoms with Crippen LogP contribution in [0.3, 0.4) is 0 Å². The highest BCUT2D eigenvalue weighted by atomic mass is 35.5. The molecule has 0 aliphatic heterocycles. The molecule has 0 atom stereocenters. The van der Waals surface area contributed by atoms with Gasteiger partial charge in [-0.3, -0.25) is 14.4 Å². The van der Waals surface area contributed by atoms with Gasteiger partial charge in [0.2, 0.25) is 0 Å². The molecular formula is C21H28ClN3O3S. The van der Waals surface area contributed by atoms with Gasteiger partial charge in [0.1, 0.15) is 0 Å². The molecule has 0 aromatic heterocycles. The normalized spacial score (nSPS) is 11.9. The van der Waals surface area contributed by atoms with Gasteiger partial charge in [-0.05, 0) is 76.2 Å². The van der Waals surface area contributed by atoms with Gasteiger partial charge in [0.15, 0.2) is 0 Å². The molecule has 2 rings (SSSR count). The number of hydrogen-bond donors (Lipinski definition) is 2. The number of halogens is 1. The SMILES string of the molecule is CC(C)N(CCNC(=O)c1ccc(S(=O)(=O)Nc2ccc(Cl)cc2)cc1)C(C)C. The molecule has 0 unspecified atom stereocenters. The molecule has 0 aliphatic carbocycles. The van der Waals surface area contributed by atoms with Crippen molar-refractivity contribution < 1.29 is 13.2 Å². The molecule has 0 spiro atoms. The average molecular weight is 438 g/mol. The number of nitrogens with one attached hydrogen (secondary N) is 2. The number of carbonyl (C=O) groups excluding carboxylic acids is 1. The van der Waals surface area contributed by atoms with E-state index in [2.05, 4.69) is 42.6 Å². The van der Waals surface area contributed by atoms with E-state index in [0.717, 1.165) is 6.54 Å². The number of anilines is 1. The minimum atomic E-state index is -3.75. The van der Waals surface area contributed by atoms with Crippen molar-refractivity contribution >= 4 is 33.2 Å². The van der Waals surface area contributed by atoms with Crippen molar-refractivity contribution in [2.75, 3.05) is 17.8 Å². The van der Waals surface area contributed by atoms with Gasteiger partial charge < -0.3 is 5.32 Å². The van der Waals surface area contributed by atoms with Crippen molar-refractivity contribution in [1.82, 2.24) is 10.2 Å². The third-order valence-electron chi connectivity index (χ3n) is 4.51. The van der Waals surface area contributed by atoms with Gasteiger partial charge in [-0.25, -0.2) is 8.42 Å². The Hall–Kier alpha value is -2.09. The van der Waals surface area contributed by atoms with Crippen LogP contribution in [-0.2, 0) is 10.0 Å². The number of amides is 1. The second-order valence-corrected chi connectivity index (χ2v) is 9.44. The molecule has 0 radical (unpaired) electrons. The first kappa shape index (κ1) is 23.2. The van der Waals surface area contributed by atoms with E-state index >= 15 is 0 Å². The number of rotatable bonds is 9. The fourth-order valence-electron chi connectivity index (χ4n) is 3.03. The van der Waals surface area contributed by atoms with Crippen LogP contribution in [0.2, 0.25) is 5.02 Å². The van der Waals surface area contributed by atoms with Gasteiger partial charge in [-0.15, -0.1) is 0 Å². The van der Waals surface area contributed by atoms with Crippen LogP contribution in [0.1, 0.15) is 38.1 Å². The Morgan fingerprint density at radius 3 is 2.03 bits per heavy atom. The lowest BCUT2D eigenvalue weighted by atomic mass is 10.2. The topological polar surface area (TPSA) is 78.5 Å². The van der Waals surface area contributed by atoms with Crippen LogP contribution in [0.25, 0.3) is 0 Å². The molecule has 0 bridgehead atoms. The Balaban J connectivity index is 1.98. The molecular weight excluding hydrogens is 410 g/mol. The molecule has 2 aromatic rings. The zero-order valence-electron chi connectivity index (χ0n) is 17.1. The van der Waals surface area contributed by atoms with Gasteiger partial charge in [0.25, 0.3) is 15.9 Å². The quantitative estimate of drug-likeness (QED) is 0.621. The smallest absolute Gasteiger partial charge is 0.261 e. The van der Waals surface area contributed by atoms with Gasteiger partial charge >= 0.3 is 0 Å². The van der Waals surface area contributed by atoms with Crippen LogP contribution < -0.4 is 10.0 Å². The highest BCUT2D eigenvalue weighted by Crippen LogP contribution is 2.19. The Labute approximate surface area is 178 Å². The Kier molecular flexibility index (Phi) is 8.07. The molecule has 0 aliphatic rings. The second-order valence-electron chi connectivity index (χ2n) is 7.32. The van der Waals surface area contributed by atoms with Crippen molar-refractivity contribution in [2.45, 2.75) is 44.7 Å². The van der Waals surface area contributed by atoms with Crippen LogP contribution in [0, 0.1) is 0 Å². The number of hydrogen-bond acceptors (Lipinski definition) is 4. The van der Waals surface area contributed by atoms with E-state index in [1.807, 2.05) is 0 Å². The molecule has 29 heavy (non-hydrogen) atoms. The van der Waals surface area contributed by atoms with Crippen LogP contribution in [0.15, 0.2) is 53.4 Å². The Morgan fingerprint density at radius 2 is 1.52 bits per heavy atom. The van der Waals surface area contributed by atoms with Gasteiger partial charge in [0.05, 0.1) is 4.90 Å². The number of nitrogens with zero attached hydrogens (tertiary/aromatic N) is 1. The van der Waals surface area contributed by atoms with E-state index in [-0.39, 0.29) is 10.8 Å². The molecule has 0 heterocycles. The molecule has 0 saturated heterocycles. The zero-order chi connectivity index (χ0) is 21.6. The van der Waals surface area contributed by atoms with E-state index < -0.39 is 10.0 Å². The van der Waals surface area contributed by atoms with Crippen molar-refractivity contribution in [3.05, 3.63) is 59.1 Å². The summed E-state index contributed by atoms with van der Waals surface area (Å²) in [4.78, 5) is 14.7. The lowest BCUT2D eigenvalue weighted by molar-refractivity contribution is 0.0939. The summed E-state index contributed by atoms with van der Waals surface area (Å²) < 4.78 is 27.5. The summed E-state index contributed by atoms with van der Waals surface area (Å²) in [7, 11) is -3.75. The fraction of sp³-hybridized carbons (Fsp3) is 0.381. The van der Waals surface area contributed by atoms with E-state index in [1.165, 1.54) is 24.3 Å². The molecule has 158 valence electrons. The maximum absolute atomic E-state index is 12.5. The van der Waals surface area contributed by atoms with Gasteiger partial charge in [-0.1, -0.05) is 11.6 Å². The molecule has 2 N–H and O–H groups in total. The van der Waals surface area contributed by atoms with Crippen LogP contribution in [-0.4, -0.2) is 44.4 Å². The molecule has 0 fully saturated rings. The average Bonchev–Trinajstić information content (AvgIpc) is 2.66. The monoisotopic (exact) mass is 437 g/mol. The summed E-state index contributed by atoms with van der Waals surface area (Å²) in [5, 5.41) is 3.41. The predicted octanol–water partition coefficient (Wildman–Crippen LogP) is 3.99. The van der Waals surface area contributed by atoms with Crippen molar-refractivity contribution in [2.24, 2.45) is 0 Å². The number of carbonyl (C=O) groups is 1. The largest absolute Gasteiger partial charge is 0.351 e. The first-order valence-electron chi connectivity index (χ1n) is 9.52. The third-order valence-corrected chi connectivity index (χ3v) is 6.15. The van der Waals surface area contributed by atoms with Crippen LogP contribution in [0.5, 0.6) is 0 Å². The van der Waals surface area contributed by atoms with Crippen molar-refractivity contribution in [3.63, 3.8) is 0 Å². The minimum absolute atomic E-state index is 0.0785. The number of benzene rings is 2.